The standard InChI is InChI=1S/C19H21INO5/c1-24-14-6-3-10-9-13-11-4-5-12(20-23)17-19(11,15(10)16(14)26-17)7-8-21(13)18(22)25-2/h3-6,11-13,17,23H,7-9H2,1-2H3/q-1/t11?,12?,13?,17?,19-/m0/s1. The van der Waals surface area contributed by atoms with E-state index < -0.39 is 21.6 Å². The molecule has 1 fully saturated rings. The van der Waals surface area contributed by atoms with Gasteiger partial charge in [-0.3, -0.25) is 0 Å². The summed E-state index contributed by atoms with van der Waals surface area (Å²) < 4.78 is 27.2. The second kappa shape index (κ2) is 5.76. The Morgan fingerprint density at radius 1 is 1.38 bits per heavy atom. The summed E-state index contributed by atoms with van der Waals surface area (Å²) in [5.74, 6) is 1.78. The molecule has 4 unspecified atom stereocenters. The first-order chi connectivity index (χ1) is 12.7. The van der Waals surface area contributed by atoms with Crippen molar-refractivity contribution in [3.05, 3.63) is 35.4 Å². The molecule has 2 aliphatic carbocycles. The second-order valence-electron chi connectivity index (χ2n) is 7.35. The number of methoxy groups -OCH3 is 2. The zero-order valence-electron chi connectivity index (χ0n) is 14.6. The summed E-state index contributed by atoms with van der Waals surface area (Å²) in [5, 5.41) is 0. The molecule has 1 spiro atoms. The van der Waals surface area contributed by atoms with E-state index >= 15 is 0 Å². The van der Waals surface area contributed by atoms with Gasteiger partial charge in [0.05, 0.1) is 0 Å². The summed E-state index contributed by atoms with van der Waals surface area (Å²) in [6.45, 7) is 0.647. The zero-order valence-corrected chi connectivity index (χ0v) is 16.8. The number of ether oxygens (including phenoxy) is 3. The summed E-state index contributed by atoms with van der Waals surface area (Å²) in [6, 6.07) is 4.12. The molecule has 2 aliphatic heterocycles. The molecule has 6 nitrogen and oxygen atoms in total. The van der Waals surface area contributed by atoms with Crippen LogP contribution in [0.2, 0.25) is 0 Å². The summed E-state index contributed by atoms with van der Waals surface area (Å²) >= 11 is -0.985. The molecule has 2 heterocycles. The topological polar surface area (TPSA) is 68.2 Å². The van der Waals surface area contributed by atoms with Crippen molar-refractivity contribution >= 4 is 6.09 Å². The van der Waals surface area contributed by atoms with Crippen molar-refractivity contribution < 1.29 is 44.1 Å². The number of benzene rings is 1. The van der Waals surface area contributed by atoms with E-state index in [0.29, 0.717) is 6.54 Å². The summed E-state index contributed by atoms with van der Waals surface area (Å²) in [5.41, 5.74) is 2.29. The van der Waals surface area contributed by atoms with E-state index in [4.69, 9.17) is 14.2 Å². The minimum absolute atomic E-state index is 0.0541. The molecule has 140 valence electrons. The molecule has 5 atom stereocenters. The number of amides is 1. The average molecular weight is 470 g/mol. The van der Waals surface area contributed by atoms with Gasteiger partial charge in [-0.25, -0.2) is 0 Å². The average Bonchev–Trinajstić information content (AvgIpc) is 3.01. The van der Waals surface area contributed by atoms with Gasteiger partial charge in [0.25, 0.3) is 0 Å². The molecular weight excluding hydrogens is 449 g/mol. The third kappa shape index (κ3) is 1.88. The number of carbonyl (C=O) groups is 1. The fourth-order valence-corrected chi connectivity index (χ4v) is 7.11. The number of rotatable bonds is 2. The van der Waals surface area contributed by atoms with E-state index in [1.165, 1.54) is 18.2 Å². The number of carbonyl (C=O) groups excluding carboxylic acids is 1. The molecule has 5 rings (SSSR count). The monoisotopic (exact) mass is 470 g/mol. The van der Waals surface area contributed by atoms with Crippen LogP contribution in [0.3, 0.4) is 0 Å². The van der Waals surface area contributed by atoms with Crippen molar-refractivity contribution in [2.24, 2.45) is 5.92 Å². The molecule has 0 radical (unpaired) electrons. The predicted octanol–water partition coefficient (Wildman–Crippen LogP) is -1.36. The zero-order chi connectivity index (χ0) is 18.1. The van der Waals surface area contributed by atoms with E-state index in [1.54, 1.807) is 7.11 Å². The Bertz CT molecular complexity index is 811. The molecule has 0 aromatic heterocycles. The van der Waals surface area contributed by atoms with E-state index in [2.05, 4.69) is 18.2 Å². The van der Waals surface area contributed by atoms with Crippen molar-refractivity contribution in [3.8, 4) is 11.5 Å². The van der Waals surface area contributed by atoms with E-state index in [9.17, 15) is 8.23 Å². The van der Waals surface area contributed by atoms with Crippen molar-refractivity contribution in [2.45, 2.75) is 34.3 Å². The van der Waals surface area contributed by atoms with E-state index in [0.717, 1.165) is 24.3 Å². The predicted molar refractivity (Wildman–Crippen MR) is 88.9 cm³/mol. The van der Waals surface area contributed by atoms with Gasteiger partial charge in [0, 0.05) is 0 Å². The number of piperidine rings is 1. The van der Waals surface area contributed by atoms with Crippen molar-refractivity contribution in [1.82, 2.24) is 4.90 Å². The molecule has 2 bridgehead atoms. The number of alkyl halides is 1. The van der Waals surface area contributed by atoms with E-state index in [-0.39, 0.29) is 33.5 Å². The molecule has 1 aromatic carbocycles. The fourth-order valence-electron chi connectivity index (χ4n) is 5.60. The minimum atomic E-state index is -0.985. The molecule has 1 saturated heterocycles. The Kier molecular flexibility index (Phi) is 3.69. The maximum atomic E-state index is 12.4. The van der Waals surface area contributed by atoms with Crippen LogP contribution >= 0.6 is 0 Å². The van der Waals surface area contributed by atoms with Crippen molar-refractivity contribution in [2.75, 3.05) is 20.8 Å². The van der Waals surface area contributed by atoms with Gasteiger partial charge >= 0.3 is 163 Å². The molecule has 1 aromatic rings. The van der Waals surface area contributed by atoms with Gasteiger partial charge in [-0.15, -0.1) is 0 Å². The molecule has 7 heteroatoms. The molecular formula is C19H21INO5-. The van der Waals surface area contributed by atoms with Gasteiger partial charge in [-0.05, 0) is 0 Å². The van der Waals surface area contributed by atoms with Crippen LogP contribution in [0, 0.1) is 5.92 Å². The molecule has 4 aliphatic rings. The van der Waals surface area contributed by atoms with Crippen LogP contribution < -0.4 is 31.1 Å². The van der Waals surface area contributed by atoms with Crippen LogP contribution in [0.25, 0.3) is 0 Å². The quantitative estimate of drug-likeness (QED) is 0.329. The summed E-state index contributed by atoms with van der Waals surface area (Å²) in [6.07, 6.45) is 5.58. The summed E-state index contributed by atoms with van der Waals surface area (Å²) in [7, 11) is 3.11. The van der Waals surface area contributed by atoms with Gasteiger partial charge in [0.15, 0.2) is 0 Å². The van der Waals surface area contributed by atoms with Gasteiger partial charge < -0.3 is 0 Å². The van der Waals surface area contributed by atoms with Crippen molar-refractivity contribution in [3.63, 3.8) is 0 Å². The Hall–Kier alpha value is -1.48. The third-order valence-electron chi connectivity index (χ3n) is 6.56. The van der Waals surface area contributed by atoms with Gasteiger partial charge in [-0.1, -0.05) is 0 Å². The third-order valence-corrected chi connectivity index (χ3v) is 8.28. The fraction of sp³-hybridized carbons (Fsp3) is 0.526. The van der Waals surface area contributed by atoms with Crippen LogP contribution in [-0.2, 0) is 16.6 Å². The normalized spacial score (nSPS) is 35.7. The van der Waals surface area contributed by atoms with Gasteiger partial charge in [0.1, 0.15) is 0 Å². The number of likely N-dealkylation sites (tertiary alicyclic amines) is 1. The molecule has 26 heavy (non-hydrogen) atoms. The van der Waals surface area contributed by atoms with E-state index in [1.807, 2.05) is 11.0 Å². The van der Waals surface area contributed by atoms with Crippen LogP contribution in [0.15, 0.2) is 24.3 Å². The van der Waals surface area contributed by atoms with Gasteiger partial charge in [0.2, 0.25) is 0 Å². The van der Waals surface area contributed by atoms with Crippen LogP contribution in [0.4, 0.5) is 4.79 Å². The molecule has 0 saturated carbocycles. The van der Waals surface area contributed by atoms with Crippen LogP contribution in [0.5, 0.6) is 11.5 Å². The van der Waals surface area contributed by atoms with Crippen LogP contribution in [0.1, 0.15) is 17.5 Å². The van der Waals surface area contributed by atoms with Gasteiger partial charge in [-0.2, -0.15) is 0 Å². The Labute approximate surface area is 162 Å². The molecule has 1 amide bonds. The Morgan fingerprint density at radius 3 is 2.96 bits per heavy atom. The Morgan fingerprint density at radius 2 is 2.23 bits per heavy atom. The Balaban J connectivity index is 1.73. The first-order valence-corrected chi connectivity index (χ1v) is 11.0. The van der Waals surface area contributed by atoms with Crippen LogP contribution in [-0.4, -0.2) is 51.3 Å². The molecule has 1 N–H and O–H groups in total. The number of hydrogen-bond acceptors (Lipinski definition) is 5. The number of hydrogen-bond donors (Lipinski definition) is 1. The number of halogens is 1. The maximum absolute atomic E-state index is 12.4. The van der Waals surface area contributed by atoms with Crippen molar-refractivity contribution in [1.29, 1.82) is 0 Å². The SMILES string of the molecule is COC(=O)N1CC[C@]23c4c5ccc(OC)c4OC2C([I-]O)C=CC3C1C5. The first-order valence-electron chi connectivity index (χ1n) is 8.82. The second-order valence-corrected chi connectivity index (χ2v) is 9.34. The number of nitrogens with zero attached hydrogens (tertiary/aromatic N) is 1. The first kappa shape index (κ1) is 16.7. The summed E-state index contributed by atoms with van der Waals surface area (Å²) in [4.78, 5) is 14.2.